The van der Waals surface area contributed by atoms with Crippen LogP contribution in [0.15, 0.2) is 66.7 Å². The van der Waals surface area contributed by atoms with E-state index >= 15 is 0 Å². The predicted molar refractivity (Wildman–Crippen MR) is 128 cm³/mol. The second-order valence-corrected chi connectivity index (χ2v) is 8.43. The fourth-order valence-corrected chi connectivity index (χ4v) is 3.18. The van der Waals surface area contributed by atoms with Crippen molar-refractivity contribution in [2.24, 2.45) is 5.73 Å². The minimum Gasteiger partial charge on any atom is -0.374 e. The second kappa shape index (κ2) is 11.8. The Labute approximate surface area is 199 Å². The fourth-order valence-electron chi connectivity index (χ4n) is 3.18. The lowest BCUT2D eigenvalue weighted by molar-refractivity contribution is -0.126. The molecule has 1 amide bonds. The van der Waals surface area contributed by atoms with Crippen molar-refractivity contribution >= 4 is 12.0 Å². The Morgan fingerprint density at radius 1 is 1.21 bits per heavy atom. The van der Waals surface area contributed by atoms with Gasteiger partial charge in [0.05, 0.1) is 37.3 Å². The molecular weight excluding hydrogens is 430 g/mol. The second-order valence-electron chi connectivity index (χ2n) is 8.43. The Bertz CT molecular complexity index is 1120. The Balaban J connectivity index is 1.84. The number of aromatic nitrogens is 4. The van der Waals surface area contributed by atoms with Gasteiger partial charge in [0.15, 0.2) is 5.82 Å². The number of carbonyl (C=O) groups excluding carboxylic acids is 1. The van der Waals surface area contributed by atoms with Crippen LogP contribution in [0.5, 0.6) is 0 Å². The van der Waals surface area contributed by atoms with E-state index in [0.29, 0.717) is 12.4 Å². The van der Waals surface area contributed by atoms with Crippen molar-refractivity contribution in [3.8, 4) is 6.07 Å². The van der Waals surface area contributed by atoms with Crippen LogP contribution in [0, 0.1) is 11.3 Å². The molecule has 1 aromatic heterocycles. The molecule has 176 valence electrons. The molecule has 0 aliphatic rings. The number of carbonyl (C=O) groups is 1. The van der Waals surface area contributed by atoms with Crippen LogP contribution in [0.4, 0.5) is 0 Å². The van der Waals surface area contributed by atoms with Crippen molar-refractivity contribution in [2.45, 2.75) is 44.5 Å². The van der Waals surface area contributed by atoms with Crippen molar-refractivity contribution in [2.75, 3.05) is 6.61 Å². The molecule has 2 aromatic carbocycles. The fraction of sp³-hybridized carbons (Fsp3) is 0.320. The summed E-state index contributed by atoms with van der Waals surface area (Å²) in [6.07, 6.45) is 3.93. The van der Waals surface area contributed by atoms with Gasteiger partial charge in [-0.15, -0.1) is 5.10 Å². The zero-order valence-electron chi connectivity index (χ0n) is 19.3. The highest BCUT2D eigenvalue weighted by Crippen LogP contribution is 2.20. The molecule has 1 unspecified atom stereocenters. The first kappa shape index (κ1) is 24.8. The summed E-state index contributed by atoms with van der Waals surface area (Å²) in [5.74, 6) is 0.00986. The molecule has 0 bridgehead atoms. The van der Waals surface area contributed by atoms with Gasteiger partial charge in [0.2, 0.25) is 5.91 Å². The summed E-state index contributed by atoms with van der Waals surface area (Å²) < 4.78 is 7.44. The molecule has 34 heavy (non-hydrogen) atoms. The SMILES string of the molecule is CC(C)(N)C(=O)N[C@H](COCc1ccccc1)c1nnnn1C(/C=C/c1ccccc1)CC#N. The topological polar surface area (TPSA) is 132 Å². The Hall–Kier alpha value is -3.87. The van der Waals surface area contributed by atoms with Gasteiger partial charge in [-0.3, -0.25) is 4.79 Å². The zero-order chi connectivity index (χ0) is 24.4. The van der Waals surface area contributed by atoms with E-state index in [-0.39, 0.29) is 18.9 Å². The van der Waals surface area contributed by atoms with Gasteiger partial charge in [-0.05, 0) is 35.4 Å². The van der Waals surface area contributed by atoms with Crippen molar-refractivity contribution in [3.63, 3.8) is 0 Å². The largest absolute Gasteiger partial charge is 0.374 e. The van der Waals surface area contributed by atoms with Gasteiger partial charge in [0.25, 0.3) is 0 Å². The molecule has 0 saturated carbocycles. The molecule has 0 aliphatic carbocycles. The van der Waals surface area contributed by atoms with Gasteiger partial charge >= 0.3 is 0 Å². The molecule has 0 aliphatic heterocycles. The van der Waals surface area contributed by atoms with Gasteiger partial charge in [0.1, 0.15) is 6.04 Å². The number of hydrogen-bond acceptors (Lipinski definition) is 7. The highest BCUT2D eigenvalue weighted by molar-refractivity contribution is 5.85. The van der Waals surface area contributed by atoms with E-state index in [9.17, 15) is 10.1 Å². The van der Waals surface area contributed by atoms with E-state index in [4.69, 9.17) is 10.5 Å². The molecule has 1 heterocycles. The monoisotopic (exact) mass is 459 g/mol. The maximum atomic E-state index is 12.7. The summed E-state index contributed by atoms with van der Waals surface area (Å²) in [6, 6.07) is 20.5. The number of nitrogens with zero attached hydrogens (tertiary/aromatic N) is 5. The normalized spacial score (nSPS) is 13.4. The first-order valence-corrected chi connectivity index (χ1v) is 11.0. The number of ether oxygens (including phenoxy) is 1. The van der Waals surface area contributed by atoms with E-state index in [1.165, 1.54) is 0 Å². The van der Waals surface area contributed by atoms with Gasteiger partial charge in [-0.1, -0.05) is 72.8 Å². The Kier molecular flexibility index (Phi) is 8.62. The zero-order valence-corrected chi connectivity index (χ0v) is 19.3. The minimum absolute atomic E-state index is 0.124. The third-order valence-electron chi connectivity index (χ3n) is 5.04. The lowest BCUT2D eigenvalue weighted by atomic mass is 10.1. The van der Waals surface area contributed by atoms with Crippen LogP contribution >= 0.6 is 0 Å². The summed E-state index contributed by atoms with van der Waals surface area (Å²) in [6.45, 7) is 3.72. The standard InChI is InChI=1S/C25H29N7O2/c1-25(2,27)24(33)28-22(18-34-17-20-11-7-4-8-12-20)23-29-30-31-32(23)21(15-16-26)14-13-19-9-5-3-6-10-19/h3-14,21-22H,15,17-18,27H2,1-2H3,(H,28,33)/b14-13+/t21?,22-/m1/s1. The van der Waals surface area contributed by atoms with Crippen LogP contribution in [0.25, 0.3) is 6.08 Å². The number of nitrogens with one attached hydrogen (secondary N) is 1. The van der Waals surface area contributed by atoms with Gasteiger partial charge in [-0.25, -0.2) is 4.68 Å². The number of rotatable bonds is 11. The molecule has 0 radical (unpaired) electrons. The van der Waals surface area contributed by atoms with Gasteiger partial charge in [-0.2, -0.15) is 5.26 Å². The predicted octanol–water partition coefficient (Wildman–Crippen LogP) is 2.95. The Morgan fingerprint density at radius 3 is 2.53 bits per heavy atom. The number of amides is 1. The third kappa shape index (κ3) is 7.07. The van der Waals surface area contributed by atoms with Crippen LogP contribution in [0.1, 0.15) is 49.3 Å². The van der Waals surface area contributed by atoms with Crippen LogP contribution in [-0.2, 0) is 16.1 Å². The molecule has 0 spiro atoms. The highest BCUT2D eigenvalue weighted by atomic mass is 16.5. The number of nitrogens with two attached hydrogens (primary N) is 1. The average molecular weight is 460 g/mol. The Morgan fingerprint density at radius 2 is 1.88 bits per heavy atom. The van der Waals surface area contributed by atoms with Gasteiger partial charge < -0.3 is 15.8 Å². The lowest BCUT2D eigenvalue weighted by Crippen LogP contribution is -2.51. The molecule has 0 saturated heterocycles. The van der Waals surface area contributed by atoms with Crippen molar-refractivity contribution in [3.05, 3.63) is 83.7 Å². The number of allylic oxidation sites excluding steroid dienone is 1. The smallest absolute Gasteiger partial charge is 0.240 e. The molecular formula is C25H29N7O2. The third-order valence-corrected chi connectivity index (χ3v) is 5.04. The number of hydrogen-bond donors (Lipinski definition) is 2. The van der Waals surface area contributed by atoms with Crippen LogP contribution in [0.3, 0.4) is 0 Å². The summed E-state index contributed by atoms with van der Waals surface area (Å²) in [5, 5.41) is 24.4. The van der Waals surface area contributed by atoms with Crippen molar-refractivity contribution in [1.82, 2.24) is 25.5 Å². The molecule has 3 rings (SSSR count). The number of benzene rings is 2. The summed E-state index contributed by atoms with van der Waals surface area (Å²) in [4.78, 5) is 12.7. The molecule has 3 N–H and O–H groups in total. The van der Waals surface area contributed by atoms with E-state index in [2.05, 4.69) is 26.9 Å². The van der Waals surface area contributed by atoms with Crippen molar-refractivity contribution in [1.29, 1.82) is 5.26 Å². The van der Waals surface area contributed by atoms with Crippen LogP contribution in [-0.4, -0.2) is 38.3 Å². The molecule has 2 atom stereocenters. The van der Waals surface area contributed by atoms with E-state index in [0.717, 1.165) is 11.1 Å². The maximum absolute atomic E-state index is 12.7. The summed E-state index contributed by atoms with van der Waals surface area (Å²) in [7, 11) is 0. The lowest BCUT2D eigenvalue weighted by Gasteiger charge is -2.24. The number of tetrazole rings is 1. The quantitative estimate of drug-likeness (QED) is 0.450. The highest BCUT2D eigenvalue weighted by Gasteiger charge is 2.29. The average Bonchev–Trinajstić information content (AvgIpc) is 3.31. The van der Waals surface area contributed by atoms with Crippen molar-refractivity contribution < 1.29 is 9.53 Å². The summed E-state index contributed by atoms with van der Waals surface area (Å²) in [5.41, 5.74) is 6.88. The first-order chi connectivity index (χ1) is 16.4. The van der Waals surface area contributed by atoms with E-state index < -0.39 is 17.6 Å². The van der Waals surface area contributed by atoms with E-state index in [1.807, 2.05) is 72.8 Å². The molecule has 3 aromatic rings. The molecule has 0 fully saturated rings. The summed E-state index contributed by atoms with van der Waals surface area (Å²) >= 11 is 0. The van der Waals surface area contributed by atoms with Crippen LogP contribution in [0.2, 0.25) is 0 Å². The van der Waals surface area contributed by atoms with Gasteiger partial charge in [0, 0.05) is 0 Å². The maximum Gasteiger partial charge on any atom is 0.240 e. The minimum atomic E-state index is -1.10. The first-order valence-electron chi connectivity index (χ1n) is 11.0. The van der Waals surface area contributed by atoms with Crippen LogP contribution < -0.4 is 11.1 Å². The number of nitriles is 1. The molecule has 9 heteroatoms. The van der Waals surface area contributed by atoms with E-state index in [1.54, 1.807) is 18.5 Å². The molecule has 9 nitrogen and oxygen atoms in total.